The molecule has 126 valence electrons. The van der Waals surface area contributed by atoms with Gasteiger partial charge in [0.05, 0.1) is 29.7 Å². The Morgan fingerprint density at radius 1 is 1.04 bits per heavy atom. The molecule has 0 bridgehead atoms. The van der Waals surface area contributed by atoms with Crippen LogP contribution in [0.4, 0.5) is 5.13 Å². The Hall–Kier alpha value is -2.50. The van der Waals surface area contributed by atoms with Gasteiger partial charge in [0.1, 0.15) is 0 Å². The zero-order chi connectivity index (χ0) is 17.1. The molecule has 0 aliphatic carbocycles. The molecule has 4 nitrogen and oxygen atoms in total. The number of nitrogens with one attached hydrogen (secondary N) is 1. The first-order chi connectivity index (χ1) is 12.3. The van der Waals surface area contributed by atoms with Gasteiger partial charge in [-0.3, -0.25) is 4.79 Å². The summed E-state index contributed by atoms with van der Waals surface area (Å²) in [6, 6.07) is 19.7. The minimum absolute atomic E-state index is 0.0654. The average Bonchev–Trinajstić information content (AvgIpc) is 3.06. The van der Waals surface area contributed by atoms with E-state index in [1.807, 2.05) is 60.7 Å². The van der Waals surface area contributed by atoms with E-state index >= 15 is 0 Å². The number of thiazole rings is 1. The van der Waals surface area contributed by atoms with Gasteiger partial charge in [-0.1, -0.05) is 72.0 Å². The van der Waals surface area contributed by atoms with Crippen molar-refractivity contribution in [2.45, 2.75) is 18.9 Å². The van der Waals surface area contributed by atoms with Crippen molar-refractivity contribution < 1.29 is 9.53 Å². The fourth-order valence-corrected chi connectivity index (χ4v) is 3.99. The van der Waals surface area contributed by atoms with Gasteiger partial charge in [-0.05, 0) is 11.1 Å². The lowest BCUT2D eigenvalue weighted by Crippen LogP contribution is -2.22. The second-order valence-corrected chi connectivity index (χ2v) is 7.02. The SMILES string of the molecule is O=C(Nc1nc2c(s1)COCC2)C(c1ccccc1)c1ccccc1. The summed E-state index contributed by atoms with van der Waals surface area (Å²) >= 11 is 1.50. The zero-order valence-corrected chi connectivity index (χ0v) is 14.5. The van der Waals surface area contributed by atoms with E-state index in [0.29, 0.717) is 18.3 Å². The minimum Gasteiger partial charge on any atom is -0.375 e. The number of carbonyl (C=O) groups excluding carboxylic acids is 1. The number of hydrogen-bond acceptors (Lipinski definition) is 4. The van der Waals surface area contributed by atoms with Gasteiger partial charge in [-0.25, -0.2) is 4.98 Å². The average molecular weight is 350 g/mol. The van der Waals surface area contributed by atoms with Crippen LogP contribution in [-0.2, 0) is 22.6 Å². The fourth-order valence-electron chi connectivity index (χ4n) is 3.04. The molecule has 0 saturated carbocycles. The fraction of sp³-hybridized carbons (Fsp3) is 0.200. The van der Waals surface area contributed by atoms with Crippen LogP contribution >= 0.6 is 11.3 Å². The topological polar surface area (TPSA) is 51.2 Å². The van der Waals surface area contributed by atoms with Crippen LogP contribution < -0.4 is 5.32 Å². The molecule has 0 saturated heterocycles. The van der Waals surface area contributed by atoms with E-state index in [4.69, 9.17) is 4.74 Å². The van der Waals surface area contributed by atoms with Crippen LogP contribution in [0.15, 0.2) is 60.7 Å². The van der Waals surface area contributed by atoms with Gasteiger partial charge in [-0.15, -0.1) is 0 Å². The van der Waals surface area contributed by atoms with Crippen molar-refractivity contribution in [2.24, 2.45) is 0 Å². The number of carbonyl (C=O) groups is 1. The van der Waals surface area contributed by atoms with Crippen molar-refractivity contribution >= 4 is 22.4 Å². The summed E-state index contributed by atoms with van der Waals surface area (Å²) in [6.07, 6.45) is 0.808. The largest absolute Gasteiger partial charge is 0.375 e. The lowest BCUT2D eigenvalue weighted by atomic mass is 9.90. The van der Waals surface area contributed by atoms with Gasteiger partial charge in [0.25, 0.3) is 0 Å². The van der Waals surface area contributed by atoms with Crippen LogP contribution in [-0.4, -0.2) is 17.5 Å². The van der Waals surface area contributed by atoms with Crippen molar-refractivity contribution in [2.75, 3.05) is 11.9 Å². The molecule has 1 amide bonds. The summed E-state index contributed by atoms with van der Waals surface area (Å²) in [4.78, 5) is 18.7. The van der Waals surface area contributed by atoms with Gasteiger partial charge < -0.3 is 10.1 Å². The third-order valence-corrected chi connectivity index (χ3v) is 5.24. The first-order valence-corrected chi connectivity index (χ1v) is 9.10. The Morgan fingerprint density at radius 3 is 2.28 bits per heavy atom. The monoisotopic (exact) mass is 350 g/mol. The third kappa shape index (κ3) is 3.48. The van der Waals surface area contributed by atoms with Gasteiger partial charge in [0.2, 0.25) is 5.91 Å². The number of rotatable bonds is 4. The van der Waals surface area contributed by atoms with E-state index < -0.39 is 0 Å². The summed E-state index contributed by atoms with van der Waals surface area (Å²) < 4.78 is 5.46. The second kappa shape index (κ2) is 7.17. The van der Waals surface area contributed by atoms with Crippen molar-refractivity contribution in [3.8, 4) is 0 Å². The lowest BCUT2D eigenvalue weighted by molar-refractivity contribution is -0.116. The third-order valence-electron chi connectivity index (χ3n) is 4.25. The van der Waals surface area contributed by atoms with Gasteiger partial charge >= 0.3 is 0 Å². The Bertz CT molecular complexity index is 799. The highest BCUT2D eigenvalue weighted by molar-refractivity contribution is 7.15. The van der Waals surface area contributed by atoms with E-state index in [1.54, 1.807) is 0 Å². The predicted molar refractivity (Wildman–Crippen MR) is 98.8 cm³/mol. The van der Waals surface area contributed by atoms with Crippen LogP contribution in [0, 0.1) is 0 Å². The first-order valence-electron chi connectivity index (χ1n) is 8.28. The molecule has 1 aliphatic rings. The summed E-state index contributed by atoms with van der Waals surface area (Å²) in [5.74, 6) is -0.427. The molecule has 2 heterocycles. The van der Waals surface area contributed by atoms with Gasteiger partial charge in [0.15, 0.2) is 5.13 Å². The van der Waals surface area contributed by atoms with Crippen LogP contribution in [0.1, 0.15) is 27.6 Å². The highest BCUT2D eigenvalue weighted by Gasteiger charge is 2.24. The maximum Gasteiger partial charge on any atom is 0.238 e. The highest BCUT2D eigenvalue weighted by Crippen LogP contribution is 2.30. The van der Waals surface area contributed by atoms with Crippen molar-refractivity contribution in [1.29, 1.82) is 0 Å². The van der Waals surface area contributed by atoms with E-state index in [9.17, 15) is 4.79 Å². The molecular weight excluding hydrogens is 332 g/mol. The molecule has 1 N–H and O–H groups in total. The molecule has 0 fully saturated rings. The van der Waals surface area contributed by atoms with Crippen LogP contribution in [0.3, 0.4) is 0 Å². The Balaban J connectivity index is 1.63. The van der Waals surface area contributed by atoms with Crippen LogP contribution in [0.25, 0.3) is 0 Å². The normalized spacial score (nSPS) is 13.5. The van der Waals surface area contributed by atoms with E-state index in [0.717, 1.165) is 28.1 Å². The summed E-state index contributed by atoms with van der Waals surface area (Å²) in [6.45, 7) is 1.28. The Kier molecular flexibility index (Phi) is 4.59. The highest BCUT2D eigenvalue weighted by atomic mass is 32.1. The molecule has 1 aromatic heterocycles. The Labute approximate surface area is 150 Å². The van der Waals surface area contributed by atoms with E-state index in [2.05, 4.69) is 10.3 Å². The number of ether oxygens (including phenoxy) is 1. The number of aromatic nitrogens is 1. The van der Waals surface area contributed by atoms with Crippen LogP contribution in [0.2, 0.25) is 0 Å². The molecule has 0 unspecified atom stereocenters. The molecule has 0 spiro atoms. The molecular formula is C20H18N2O2S. The number of anilines is 1. The number of nitrogens with zero attached hydrogens (tertiary/aromatic N) is 1. The molecule has 0 radical (unpaired) electrons. The maximum atomic E-state index is 13.1. The molecule has 5 heteroatoms. The molecule has 2 aromatic carbocycles. The summed E-state index contributed by atoms with van der Waals surface area (Å²) in [7, 11) is 0. The van der Waals surface area contributed by atoms with Gasteiger partial charge in [0, 0.05) is 6.42 Å². The zero-order valence-electron chi connectivity index (χ0n) is 13.6. The number of benzene rings is 2. The quantitative estimate of drug-likeness (QED) is 0.774. The summed E-state index contributed by atoms with van der Waals surface area (Å²) in [5, 5.41) is 3.66. The first kappa shape index (κ1) is 16.0. The van der Waals surface area contributed by atoms with Crippen LogP contribution in [0.5, 0.6) is 0 Å². The predicted octanol–water partition coefficient (Wildman–Crippen LogP) is 3.99. The van der Waals surface area contributed by atoms with Crippen molar-refractivity contribution in [3.05, 3.63) is 82.4 Å². The molecule has 25 heavy (non-hydrogen) atoms. The lowest BCUT2D eigenvalue weighted by Gasteiger charge is -2.17. The van der Waals surface area contributed by atoms with Crippen molar-refractivity contribution in [1.82, 2.24) is 4.98 Å². The maximum absolute atomic E-state index is 13.1. The van der Waals surface area contributed by atoms with Gasteiger partial charge in [-0.2, -0.15) is 0 Å². The minimum atomic E-state index is -0.362. The van der Waals surface area contributed by atoms with E-state index in [-0.39, 0.29) is 11.8 Å². The number of amides is 1. The second-order valence-electron chi connectivity index (χ2n) is 5.94. The molecule has 1 aliphatic heterocycles. The molecule has 4 rings (SSSR count). The smallest absolute Gasteiger partial charge is 0.238 e. The number of hydrogen-bond donors (Lipinski definition) is 1. The summed E-state index contributed by atoms with van der Waals surface area (Å²) in [5.41, 5.74) is 2.98. The van der Waals surface area contributed by atoms with E-state index in [1.165, 1.54) is 11.3 Å². The standard InChI is InChI=1S/C20H18N2O2S/c23-19(22-20-21-16-11-12-24-13-17(16)25-20)18(14-7-3-1-4-8-14)15-9-5-2-6-10-15/h1-10,18H,11-13H2,(H,21,22,23). The molecule has 0 atom stereocenters. The Morgan fingerprint density at radius 2 is 1.68 bits per heavy atom. The van der Waals surface area contributed by atoms with Crippen molar-refractivity contribution in [3.63, 3.8) is 0 Å². The number of fused-ring (bicyclic) bond motifs is 1. The molecule has 3 aromatic rings.